The van der Waals surface area contributed by atoms with Crippen LogP contribution in [0.2, 0.25) is 0 Å². The van der Waals surface area contributed by atoms with Gasteiger partial charge in [-0.1, -0.05) is 24.3 Å². The van der Waals surface area contributed by atoms with Crippen molar-refractivity contribution < 1.29 is 19.4 Å². The third kappa shape index (κ3) is 4.06. The number of carbonyl (C=O) groups is 1. The summed E-state index contributed by atoms with van der Waals surface area (Å²) in [6.45, 7) is 2.78. The molecule has 0 saturated carbocycles. The number of urea groups is 1. The van der Waals surface area contributed by atoms with Gasteiger partial charge >= 0.3 is 6.03 Å². The first-order valence-electron chi connectivity index (χ1n) is 10.7. The van der Waals surface area contributed by atoms with E-state index >= 15 is 0 Å². The van der Waals surface area contributed by atoms with Crippen LogP contribution in [0.5, 0.6) is 11.6 Å². The molecule has 1 atom stereocenters. The number of methoxy groups -OCH3 is 1. The fraction of sp³-hybridized carbons (Fsp3) is 0.333. The molecule has 8 heteroatoms. The number of nitrogens with one attached hydrogen (secondary N) is 2. The lowest BCUT2D eigenvalue weighted by Gasteiger charge is -2.47. The molecule has 32 heavy (non-hydrogen) atoms. The Morgan fingerprint density at radius 2 is 2.06 bits per heavy atom. The van der Waals surface area contributed by atoms with E-state index in [0.717, 1.165) is 35.0 Å². The van der Waals surface area contributed by atoms with E-state index in [9.17, 15) is 9.90 Å². The van der Waals surface area contributed by atoms with Crippen molar-refractivity contribution in [1.29, 1.82) is 0 Å². The molecule has 3 heterocycles. The van der Waals surface area contributed by atoms with Gasteiger partial charge in [0.15, 0.2) is 0 Å². The van der Waals surface area contributed by atoms with Crippen LogP contribution < -0.4 is 20.1 Å². The molecular formula is C24H26N4O4. The van der Waals surface area contributed by atoms with E-state index in [1.807, 2.05) is 42.5 Å². The topological polar surface area (TPSA) is 96.0 Å². The molecule has 2 saturated heterocycles. The molecule has 0 bridgehead atoms. The number of benzene rings is 2. The lowest BCUT2D eigenvalue weighted by molar-refractivity contribution is 0.00543. The predicted octanol–water partition coefficient (Wildman–Crippen LogP) is 2.02. The van der Waals surface area contributed by atoms with Crippen LogP contribution in [0.4, 0.5) is 4.79 Å². The normalized spacial score (nSPS) is 18.1. The molecule has 2 aliphatic heterocycles. The number of hydrogen-bond donors (Lipinski definition) is 3. The average Bonchev–Trinajstić information content (AvgIpc) is 3.18. The average molecular weight is 434 g/mol. The number of fused-ring (bicyclic) bond motifs is 1. The summed E-state index contributed by atoms with van der Waals surface area (Å²) in [5.41, 5.74) is 1.82. The van der Waals surface area contributed by atoms with Crippen molar-refractivity contribution in [3.8, 4) is 22.8 Å². The maximum Gasteiger partial charge on any atom is 0.315 e. The number of amides is 2. The molecule has 2 aliphatic rings. The van der Waals surface area contributed by atoms with E-state index < -0.39 is 6.10 Å². The third-order valence-electron chi connectivity index (χ3n) is 6.02. The molecule has 2 aromatic carbocycles. The van der Waals surface area contributed by atoms with Crippen LogP contribution in [0.3, 0.4) is 0 Å². The van der Waals surface area contributed by atoms with Gasteiger partial charge in [0.1, 0.15) is 18.5 Å². The maximum atomic E-state index is 11.4. The Balaban J connectivity index is 1.28. The molecular weight excluding hydrogens is 408 g/mol. The van der Waals surface area contributed by atoms with Crippen LogP contribution >= 0.6 is 0 Å². The predicted molar refractivity (Wildman–Crippen MR) is 121 cm³/mol. The molecule has 0 radical (unpaired) electrons. The van der Waals surface area contributed by atoms with Crippen molar-refractivity contribution in [2.45, 2.75) is 11.6 Å². The SMILES string of the molecule is COc1cc(-c2cc(OCC(O)CN3CC4(CNC(=O)N4)C3)cc3ccccc23)ccn1. The molecule has 0 aliphatic carbocycles. The minimum absolute atomic E-state index is 0.118. The molecule has 1 unspecified atom stereocenters. The molecule has 8 nitrogen and oxygen atoms in total. The fourth-order valence-corrected chi connectivity index (χ4v) is 4.55. The number of nitrogens with zero attached hydrogens (tertiary/aromatic N) is 2. The van der Waals surface area contributed by atoms with Gasteiger partial charge in [0.25, 0.3) is 0 Å². The Morgan fingerprint density at radius 1 is 1.22 bits per heavy atom. The van der Waals surface area contributed by atoms with Crippen molar-refractivity contribution in [2.75, 3.05) is 39.9 Å². The second-order valence-electron chi connectivity index (χ2n) is 8.50. The summed E-state index contributed by atoms with van der Waals surface area (Å²) in [4.78, 5) is 17.7. The monoisotopic (exact) mass is 434 g/mol. The van der Waals surface area contributed by atoms with Crippen LogP contribution in [0.1, 0.15) is 0 Å². The number of aromatic nitrogens is 1. The Bertz CT molecular complexity index is 1150. The van der Waals surface area contributed by atoms with Crippen LogP contribution in [-0.2, 0) is 0 Å². The summed E-state index contributed by atoms with van der Waals surface area (Å²) in [7, 11) is 1.60. The van der Waals surface area contributed by atoms with Gasteiger partial charge in [-0.2, -0.15) is 0 Å². The molecule has 2 fully saturated rings. The van der Waals surface area contributed by atoms with E-state index in [4.69, 9.17) is 9.47 Å². The van der Waals surface area contributed by atoms with E-state index in [1.165, 1.54) is 0 Å². The summed E-state index contributed by atoms with van der Waals surface area (Å²) in [5.74, 6) is 1.25. The van der Waals surface area contributed by atoms with Gasteiger partial charge in [0.2, 0.25) is 5.88 Å². The number of aliphatic hydroxyl groups is 1. The van der Waals surface area contributed by atoms with Crippen molar-refractivity contribution in [3.63, 3.8) is 0 Å². The molecule has 3 aromatic rings. The number of β-amino-alcohol motifs (C(OH)–C–C–N with tert-alkyl or cyclic N) is 1. The van der Waals surface area contributed by atoms with Crippen molar-refractivity contribution in [3.05, 3.63) is 54.7 Å². The van der Waals surface area contributed by atoms with Crippen LogP contribution in [-0.4, -0.2) is 72.6 Å². The Labute approximate surface area is 186 Å². The number of hydrogen-bond acceptors (Lipinski definition) is 6. The van der Waals surface area contributed by atoms with Crippen LogP contribution in [0.25, 0.3) is 21.9 Å². The zero-order valence-corrected chi connectivity index (χ0v) is 17.9. The molecule has 3 N–H and O–H groups in total. The quantitative estimate of drug-likeness (QED) is 0.527. The molecule has 1 spiro atoms. The number of aliphatic hydroxyl groups excluding tert-OH is 1. The molecule has 5 rings (SSSR count). The second-order valence-corrected chi connectivity index (χ2v) is 8.50. The van der Waals surface area contributed by atoms with Crippen molar-refractivity contribution in [1.82, 2.24) is 20.5 Å². The van der Waals surface area contributed by atoms with Crippen molar-refractivity contribution >= 4 is 16.8 Å². The Morgan fingerprint density at radius 3 is 2.84 bits per heavy atom. The van der Waals surface area contributed by atoms with E-state index in [-0.39, 0.29) is 18.2 Å². The molecule has 2 amide bonds. The van der Waals surface area contributed by atoms with Crippen LogP contribution in [0.15, 0.2) is 54.7 Å². The van der Waals surface area contributed by atoms with E-state index in [1.54, 1.807) is 13.3 Å². The first-order chi connectivity index (χ1) is 15.5. The fourth-order valence-electron chi connectivity index (χ4n) is 4.55. The maximum absolute atomic E-state index is 11.4. The smallest absolute Gasteiger partial charge is 0.315 e. The van der Waals surface area contributed by atoms with Crippen molar-refractivity contribution in [2.24, 2.45) is 0 Å². The zero-order chi connectivity index (χ0) is 22.1. The van der Waals surface area contributed by atoms with Gasteiger partial charge in [-0.15, -0.1) is 0 Å². The first-order valence-corrected chi connectivity index (χ1v) is 10.7. The minimum atomic E-state index is -0.631. The highest BCUT2D eigenvalue weighted by Gasteiger charge is 2.47. The molecule has 1 aromatic heterocycles. The van der Waals surface area contributed by atoms with E-state index in [2.05, 4.69) is 26.6 Å². The largest absolute Gasteiger partial charge is 0.491 e. The van der Waals surface area contributed by atoms with E-state index in [0.29, 0.717) is 24.7 Å². The highest BCUT2D eigenvalue weighted by molar-refractivity contribution is 5.98. The van der Waals surface area contributed by atoms with Gasteiger partial charge in [0.05, 0.1) is 12.6 Å². The number of rotatable bonds is 7. The number of carbonyl (C=O) groups excluding carboxylic acids is 1. The summed E-state index contributed by atoms with van der Waals surface area (Å²) in [6.07, 6.45) is 1.09. The first kappa shape index (κ1) is 20.5. The third-order valence-corrected chi connectivity index (χ3v) is 6.02. The van der Waals surface area contributed by atoms with Gasteiger partial charge in [-0.05, 0) is 40.1 Å². The summed E-state index contributed by atoms with van der Waals surface area (Å²) >= 11 is 0. The second kappa shape index (κ2) is 8.29. The number of pyridine rings is 1. The summed E-state index contributed by atoms with van der Waals surface area (Å²) in [5, 5.41) is 18.4. The van der Waals surface area contributed by atoms with Gasteiger partial charge in [0, 0.05) is 38.4 Å². The number of likely N-dealkylation sites (tertiary alicyclic amines) is 1. The van der Waals surface area contributed by atoms with Gasteiger partial charge in [-0.3, -0.25) is 4.90 Å². The zero-order valence-electron chi connectivity index (χ0n) is 17.9. The number of ether oxygens (including phenoxy) is 2. The Hall–Kier alpha value is -3.36. The highest BCUT2D eigenvalue weighted by Crippen LogP contribution is 2.34. The lowest BCUT2D eigenvalue weighted by Crippen LogP contribution is -2.69. The lowest BCUT2D eigenvalue weighted by atomic mass is 9.91. The summed E-state index contributed by atoms with van der Waals surface area (Å²) < 4.78 is 11.3. The summed E-state index contributed by atoms with van der Waals surface area (Å²) in [6, 6.07) is 15.8. The standard InChI is InChI=1S/C24H26N4O4/c1-31-22-9-17(6-7-25-22)21-10-19(8-16-4-2-3-5-20(16)21)32-12-18(29)11-28-14-24(15-28)13-26-23(30)27-24/h2-10,18,29H,11-15H2,1H3,(H2,26,27,30). The molecule has 166 valence electrons. The Kier molecular flexibility index (Phi) is 5.32. The highest BCUT2D eigenvalue weighted by atomic mass is 16.5. The van der Waals surface area contributed by atoms with Gasteiger partial charge in [-0.25, -0.2) is 9.78 Å². The van der Waals surface area contributed by atoms with Crippen LogP contribution in [0, 0.1) is 0 Å². The van der Waals surface area contributed by atoms with Gasteiger partial charge < -0.3 is 25.2 Å². The minimum Gasteiger partial charge on any atom is -0.491 e.